The van der Waals surface area contributed by atoms with Crippen LogP contribution >= 0.6 is 11.6 Å². The fourth-order valence-corrected chi connectivity index (χ4v) is 2.16. The second-order valence-electron chi connectivity index (χ2n) is 4.30. The van der Waals surface area contributed by atoms with Gasteiger partial charge in [0, 0.05) is 30.4 Å². The molecule has 0 aliphatic heterocycles. The molecule has 2 aromatic heterocycles. The number of halogens is 1. The van der Waals surface area contributed by atoms with Crippen LogP contribution in [0.3, 0.4) is 0 Å². The zero-order valence-electron chi connectivity index (χ0n) is 11.4. The molecule has 0 aliphatic carbocycles. The molecule has 2 heterocycles. The van der Waals surface area contributed by atoms with Gasteiger partial charge < -0.3 is 10.1 Å². The molecule has 0 amide bonds. The topological polar surface area (TPSA) is 59.9 Å². The van der Waals surface area contributed by atoms with Gasteiger partial charge in [0.15, 0.2) is 5.75 Å². The Bertz CT molecular complexity index is 778. The smallest absolute Gasteiger partial charge is 0.225 e. The first-order chi connectivity index (χ1) is 10.3. The number of rotatable bonds is 4. The second kappa shape index (κ2) is 5.93. The summed E-state index contributed by atoms with van der Waals surface area (Å²) in [4.78, 5) is 12.7. The predicted octanol–water partition coefficient (Wildman–Crippen LogP) is 3.90. The van der Waals surface area contributed by atoms with E-state index in [-0.39, 0.29) is 0 Å². The summed E-state index contributed by atoms with van der Waals surface area (Å²) >= 11 is 6.17. The lowest BCUT2D eigenvalue weighted by atomic mass is 10.2. The van der Waals surface area contributed by atoms with Crippen molar-refractivity contribution in [2.24, 2.45) is 0 Å². The Morgan fingerprint density at radius 1 is 1.14 bits per heavy atom. The number of aromatic nitrogens is 3. The number of nitrogens with one attached hydrogen (secondary N) is 1. The Hall–Kier alpha value is -2.40. The van der Waals surface area contributed by atoms with E-state index in [1.165, 1.54) is 0 Å². The van der Waals surface area contributed by atoms with E-state index >= 15 is 0 Å². The molecule has 1 aromatic carbocycles. The first kappa shape index (κ1) is 13.6. The van der Waals surface area contributed by atoms with Crippen molar-refractivity contribution in [1.82, 2.24) is 15.0 Å². The molecule has 106 valence electrons. The lowest BCUT2D eigenvalue weighted by Crippen LogP contribution is -2.02. The van der Waals surface area contributed by atoms with Crippen LogP contribution in [0.4, 0.5) is 5.95 Å². The van der Waals surface area contributed by atoms with Gasteiger partial charge in [-0.2, -0.15) is 4.98 Å². The summed E-state index contributed by atoms with van der Waals surface area (Å²) in [5, 5.41) is 4.53. The Morgan fingerprint density at radius 2 is 2.05 bits per heavy atom. The van der Waals surface area contributed by atoms with Crippen LogP contribution in [0.1, 0.15) is 6.92 Å². The number of benzene rings is 1. The third-order valence-electron chi connectivity index (χ3n) is 2.86. The molecule has 0 saturated heterocycles. The monoisotopic (exact) mass is 300 g/mol. The first-order valence-electron chi connectivity index (χ1n) is 6.56. The summed E-state index contributed by atoms with van der Waals surface area (Å²) in [6.45, 7) is 2.72. The summed E-state index contributed by atoms with van der Waals surface area (Å²) in [6, 6.07) is 9.01. The average Bonchev–Trinajstić information content (AvgIpc) is 2.51. The van der Waals surface area contributed by atoms with E-state index in [1.807, 2.05) is 19.1 Å². The average molecular weight is 301 g/mol. The van der Waals surface area contributed by atoms with E-state index in [0.29, 0.717) is 28.1 Å². The fraction of sp³-hybridized carbons (Fsp3) is 0.133. The van der Waals surface area contributed by atoms with Gasteiger partial charge in [0.05, 0.1) is 5.02 Å². The number of fused-ring (bicyclic) bond motifs is 1. The van der Waals surface area contributed by atoms with Crippen molar-refractivity contribution < 1.29 is 4.74 Å². The van der Waals surface area contributed by atoms with Crippen LogP contribution < -0.4 is 10.1 Å². The molecule has 0 atom stereocenters. The SMILES string of the molecule is CCNc1nccc(Oc2ccc(Cl)c3cccnc23)n1. The van der Waals surface area contributed by atoms with Crippen molar-refractivity contribution >= 4 is 28.5 Å². The minimum atomic E-state index is 0.454. The van der Waals surface area contributed by atoms with Crippen LogP contribution in [0, 0.1) is 0 Å². The zero-order valence-corrected chi connectivity index (χ0v) is 12.1. The molecule has 0 fully saturated rings. The molecular weight excluding hydrogens is 288 g/mol. The van der Waals surface area contributed by atoms with Crippen LogP contribution in [-0.2, 0) is 0 Å². The molecule has 5 nitrogen and oxygen atoms in total. The Balaban J connectivity index is 1.98. The number of ether oxygens (including phenoxy) is 1. The van der Waals surface area contributed by atoms with Crippen LogP contribution in [0.15, 0.2) is 42.7 Å². The summed E-state index contributed by atoms with van der Waals surface area (Å²) in [5.41, 5.74) is 0.702. The quantitative estimate of drug-likeness (QED) is 0.792. The van der Waals surface area contributed by atoms with E-state index < -0.39 is 0 Å². The normalized spacial score (nSPS) is 10.6. The minimum Gasteiger partial charge on any atom is -0.437 e. The lowest BCUT2D eigenvalue weighted by Gasteiger charge is -2.09. The fourth-order valence-electron chi connectivity index (χ4n) is 1.95. The van der Waals surface area contributed by atoms with Crippen LogP contribution in [0.5, 0.6) is 11.6 Å². The van der Waals surface area contributed by atoms with E-state index in [4.69, 9.17) is 16.3 Å². The van der Waals surface area contributed by atoms with Crippen LogP contribution in [0.2, 0.25) is 5.02 Å². The van der Waals surface area contributed by atoms with Gasteiger partial charge in [-0.1, -0.05) is 11.6 Å². The molecule has 21 heavy (non-hydrogen) atoms. The summed E-state index contributed by atoms with van der Waals surface area (Å²) in [6.07, 6.45) is 3.35. The highest BCUT2D eigenvalue weighted by molar-refractivity contribution is 6.35. The van der Waals surface area contributed by atoms with Crippen LogP contribution in [0.25, 0.3) is 10.9 Å². The highest BCUT2D eigenvalue weighted by atomic mass is 35.5. The Labute approximate surface area is 127 Å². The van der Waals surface area contributed by atoms with E-state index in [2.05, 4.69) is 20.3 Å². The molecule has 6 heteroatoms. The van der Waals surface area contributed by atoms with Crippen molar-refractivity contribution in [2.45, 2.75) is 6.92 Å². The highest BCUT2D eigenvalue weighted by Gasteiger charge is 2.09. The number of pyridine rings is 1. The van der Waals surface area contributed by atoms with Crippen LogP contribution in [-0.4, -0.2) is 21.5 Å². The van der Waals surface area contributed by atoms with Gasteiger partial charge in [0.2, 0.25) is 11.8 Å². The van der Waals surface area contributed by atoms with Crippen molar-refractivity contribution in [3.05, 3.63) is 47.7 Å². The lowest BCUT2D eigenvalue weighted by molar-refractivity contribution is 0.466. The summed E-state index contributed by atoms with van der Waals surface area (Å²) in [7, 11) is 0. The second-order valence-corrected chi connectivity index (χ2v) is 4.70. The molecule has 0 saturated carbocycles. The van der Waals surface area contributed by atoms with E-state index in [9.17, 15) is 0 Å². The molecule has 0 unspecified atom stereocenters. The maximum absolute atomic E-state index is 6.17. The number of nitrogens with zero attached hydrogens (tertiary/aromatic N) is 3. The van der Waals surface area contributed by atoms with Crippen molar-refractivity contribution in [2.75, 3.05) is 11.9 Å². The molecule has 3 rings (SSSR count). The largest absolute Gasteiger partial charge is 0.437 e. The molecule has 1 N–H and O–H groups in total. The van der Waals surface area contributed by atoms with Gasteiger partial charge in [-0.3, -0.25) is 4.98 Å². The van der Waals surface area contributed by atoms with E-state index in [0.717, 1.165) is 11.9 Å². The summed E-state index contributed by atoms with van der Waals surface area (Å²) < 4.78 is 5.82. The molecule has 0 radical (unpaired) electrons. The maximum Gasteiger partial charge on any atom is 0.225 e. The maximum atomic E-state index is 6.17. The first-order valence-corrected chi connectivity index (χ1v) is 6.93. The summed E-state index contributed by atoms with van der Waals surface area (Å²) in [5.74, 6) is 1.59. The van der Waals surface area contributed by atoms with Crippen molar-refractivity contribution in [1.29, 1.82) is 0 Å². The van der Waals surface area contributed by atoms with Crippen molar-refractivity contribution in [3.63, 3.8) is 0 Å². The Kier molecular flexibility index (Phi) is 3.83. The molecular formula is C15H13ClN4O. The zero-order chi connectivity index (χ0) is 14.7. The van der Waals surface area contributed by atoms with Crippen molar-refractivity contribution in [3.8, 4) is 11.6 Å². The van der Waals surface area contributed by atoms with Gasteiger partial charge in [-0.15, -0.1) is 0 Å². The minimum absolute atomic E-state index is 0.454. The third-order valence-corrected chi connectivity index (χ3v) is 3.19. The van der Waals surface area contributed by atoms with Gasteiger partial charge in [-0.25, -0.2) is 4.98 Å². The Morgan fingerprint density at radius 3 is 2.90 bits per heavy atom. The van der Waals surface area contributed by atoms with Gasteiger partial charge >= 0.3 is 0 Å². The molecule has 0 bridgehead atoms. The standard InChI is InChI=1S/C15H13ClN4O/c1-2-17-15-19-9-7-13(20-15)21-12-6-5-11(16)10-4-3-8-18-14(10)12/h3-9H,2H2,1H3,(H,17,19,20). The number of anilines is 1. The number of hydrogen-bond donors (Lipinski definition) is 1. The van der Waals surface area contributed by atoms with Gasteiger partial charge in [0.25, 0.3) is 0 Å². The molecule has 0 spiro atoms. The molecule has 3 aromatic rings. The van der Waals surface area contributed by atoms with Gasteiger partial charge in [0.1, 0.15) is 5.52 Å². The highest BCUT2D eigenvalue weighted by Crippen LogP contribution is 2.32. The number of hydrogen-bond acceptors (Lipinski definition) is 5. The van der Waals surface area contributed by atoms with Gasteiger partial charge in [-0.05, 0) is 31.2 Å². The molecule has 0 aliphatic rings. The third kappa shape index (κ3) is 2.87. The predicted molar refractivity (Wildman–Crippen MR) is 83.0 cm³/mol. The van der Waals surface area contributed by atoms with E-state index in [1.54, 1.807) is 30.6 Å².